The fraction of sp³-hybridized carbons (Fsp3) is 0.846. The van der Waals surface area contributed by atoms with Crippen molar-refractivity contribution in [3.8, 4) is 0 Å². The smallest absolute Gasteiger partial charge is 0.329 e. The van der Waals surface area contributed by atoms with Crippen molar-refractivity contribution in [2.45, 2.75) is 37.8 Å². The molecule has 2 heterocycles. The van der Waals surface area contributed by atoms with Gasteiger partial charge in [0, 0.05) is 18.8 Å². The first kappa shape index (κ1) is 15.1. The lowest BCUT2D eigenvalue weighted by molar-refractivity contribution is -0.159. The van der Waals surface area contributed by atoms with Gasteiger partial charge in [-0.2, -0.15) is 0 Å². The molecule has 20 heavy (non-hydrogen) atoms. The van der Waals surface area contributed by atoms with Gasteiger partial charge in [0.15, 0.2) is 0 Å². The molecule has 2 saturated heterocycles. The van der Waals surface area contributed by atoms with E-state index in [1.807, 2.05) is 13.8 Å². The van der Waals surface area contributed by atoms with Crippen molar-refractivity contribution >= 4 is 12.0 Å². The second kappa shape index (κ2) is 5.57. The molecule has 2 aliphatic rings. The number of hydrogen-bond donors (Lipinski definition) is 2. The Balaban J connectivity index is 1.77. The zero-order valence-electron chi connectivity index (χ0n) is 12.0. The average molecular weight is 286 g/mol. The highest BCUT2D eigenvalue weighted by molar-refractivity contribution is 5.76. The Bertz CT molecular complexity index is 386. The topological polar surface area (TPSA) is 88.1 Å². The van der Waals surface area contributed by atoms with Gasteiger partial charge in [-0.05, 0) is 26.7 Å². The molecule has 0 aromatic carbocycles. The number of likely N-dealkylation sites (tertiary alicyclic amines) is 1. The van der Waals surface area contributed by atoms with Crippen molar-refractivity contribution in [2.75, 3.05) is 32.9 Å². The Labute approximate surface area is 118 Å². The van der Waals surface area contributed by atoms with E-state index in [-0.39, 0.29) is 18.2 Å². The van der Waals surface area contributed by atoms with Crippen LogP contribution in [0, 0.1) is 0 Å². The van der Waals surface area contributed by atoms with Crippen LogP contribution in [0.25, 0.3) is 0 Å². The van der Waals surface area contributed by atoms with Gasteiger partial charge in [-0.25, -0.2) is 9.59 Å². The van der Waals surface area contributed by atoms with Gasteiger partial charge in [0.2, 0.25) is 0 Å². The van der Waals surface area contributed by atoms with E-state index >= 15 is 0 Å². The molecular weight excluding hydrogens is 264 g/mol. The van der Waals surface area contributed by atoms with Gasteiger partial charge in [-0.1, -0.05) is 0 Å². The lowest BCUT2D eigenvalue weighted by Gasteiger charge is -2.48. The minimum Gasteiger partial charge on any atom is -0.480 e. The molecule has 7 nitrogen and oxygen atoms in total. The summed E-state index contributed by atoms with van der Waals surface area (Å²) < 4.78 is 10.6. The van der Waals surface area contributed by atoms with Gasteiger partial charge >= 0.3 is 12.0 Å². The Morgan fingerprint density at radius 1 is 1.30 bits per heavy atom. The molecule has 2 aliphatic heterocycles. The van der Waals surface area contributed by atoms with Gasteiger partial charge in [-0.15, -0.1) is 0 Å². The van der Waals surface area contributed by atoms with Gasteiger partial charge in [0.05, 0.1) is 13.1 Å². The fourth-order valence-electron chi connectivity index (χ4n) is 2.52. The quantitative estimate of drug-likeness (QED) is 0.783. The summed E-state index contributed by atoms with van der Waals surface area (Å²) in [6.45, 7) is 5.66. The number of carboxylic acids is 1. The number of nitrogens with zero attached hydrogens (tertiary/aromatic N) is 1. The summed E-state index contributed by atoms with van der Waals surface area (Å²) in [6.07, 6.45) is 1.61. The second-order valence-electron chi connectivity index (χ2n) is 6.09. The number of carboxylic acid groups (broad SMARTS) is 1. The largest absolute Gasteiger partial charge is 0.480 e. The van der Waals surface area contributed by atoms with E-state index < -0.39 is 11.6 Å². The first-order valence-electron chi connectivity index (χ1n) is 6.83. The molecule has 2 amide bonds. The molecule has 0 atom stereocenters. The molecule has 0 spiro atoms. The van der Waals surface area contributed by atoms with Crippen LogP contribution in [0.3, 0.4) is 0 Å². The highest BCUT2D eigenvalue weighted by Gasteiger charge is 2.44. The van der Waals surface area contributed by atoms with E-state index in [0.717, 1.165) is 12.8 Å². The summed E-state index contributed by atoms with van der Waals surface area (Å²) in [5.74, 6) is -0.996. The van der Waals surface area contributed by atoms with Crippen LogP contribution in [-0.4, -0.2) is 66.1 Å². The molecule has 2 N–H and O–H groups in total. The van der Waals surface area contributed by atoms with Crippen molar-refractivity contribution in [1.29, 1.82) is 0 Å². The first-order chi connectivity index (χ1) is 9.32. The summed E-state index contributed by atoms with van der Waals surface area (Å²) in [4.78, 5) is 24.2. The van der Waals surface area contributed by atoms with E-state index in [2.05, 4.69) is 5.32 Å². The molecular formula is C13H22N2O5. The monoisotopic (exact) mass is 286 g/mol. The van der Waals surface area contributed by atoms with Crippen molar-refractivity contribution in [1.82, 2.24) is 10.2 Å². The third kappa shape index (κ3) is 3.61. The van der Waals surface area contributed by atoms with Crippen LogP contribution in [0.15, 0.2) is 0 Å². The molecule has 0 aromatic rings. The predicted molar refractivity (Wildman–Crippen MR) is 70.6 cm³/mol. The van der Waals surface area contributed by atoms with E-state index in [4.69, 9.17) is 14.6 Å². The Hall–Kier alpha value is -1.34. The van der Waals surface area contributed by atoms with Crippen molar-refractivity contribution in [3.05, 3.63) is 0 Å². The summed E-state index contributed by atoms with van der Waals surface area (Å²) in [5, 5.41) is 11.6. The maximum atomic E-state index is 12.1. The third-order valence-electron chi connectivity index (χ3n) is 3.89. The fourth-order valence-corrected chi connectivity index (χ4v) is 2.52. The molecule has 0 saturated carbocycles. The minimum atomic E-state index is -0.996. The van der Waals surface area contributed by atoms with Crippen LogP contribution in [0.2, 0.25) is 0 Å². The van der Waals surface area contributed by atoms with E-state index in [0.29, 0.717) is 26.3 Å². The van der Waals surface area contributed by atoms with Gasteiger partial charge in [0.1, 0.15) is 12.2 Å². The number of hydrogen-bond acceptors (Lipinski definition) is 4. The number of amides is 2. The Kier molecular flexibility index (Phi) is 4.19. The maximum Gasteiger partial charge on any atom is 0.329 e. The lowest BCUT2D eigenvalue weighted by Crippen LogP contribution is -2.67. The molecule has 0 bridgehead atoms. The van der Waals surface area contributed by atoms with Crippen molar-refractivity contribution < 1.29 is 24.2 Å². The number of carbonyl (C=O) groups excluding carboxylic acids is 1. The lowest BCUT2D eigenvalue weighted by atomic mass is 9.92. The van der Waals surface area contributed by atoms with Crippen molar-refractivity contribution in [3.63, 3.8) is 0 Å². The molecule has 0 radical (unpaired) electrons. The van der Waals surface area contributed by atoms with Crippen LogP contribution in [0.1, 0.15) is 26.7 Å². The molecule has 0 aliphatic carbocycles. The zero-order valence-corrected chi connectivity index (χ0v) is 12.0. The Morgan fingerprint density at radius 3 is 2.45 bits per heavy atom. The van der Waals surface area contributed by atoms with E-state index in [9.17, 15) is 9.59 Å². The van der Waals surface area contributed by atoms with Crippen LogP contribution >= 0.6 is 0 Å². The minimum absolute atomic E-state index is 0.120. The number of aliphatic carboxylic acids is 1. The van der Waals surface area contributed by atoms with Crippen molar-refractivity contribution in [2.24, 2.45) is 0 Å². The number of carbonyl (C=O) groups is 2. The van der Waals surface area contributed by atoms with Crippen LogP contribution in [0.5, 0.6) is 0 Å². The van der Waals surface area contributed by atoms with Gasteiger partial charge in [-0.3, -0.25) is 0 Å². The molecule has 2 rings (SSSR count). The standard InChI is InChI=1S/C13H22N2O5/c1-12(3-5-19-6-4-12)14-11(18)15-8-13(2,9-15)20-7-10(16)17/h3-9H2,1-2H3,(H,14,18)(H,16,17). The summed E-state index contributed by atoms with van der Waals surface area (Å²) in [7, 11) is 0. The van der Waals surface area contributed by atoms with Gasteiger partial charge in [0.25, 0.3) is 0 Å². The normalized spacial score (nSPS) is 23.8. The highest BCUT2D eigenvalue weighted by Crippen LogP contribution is 2.26. The van der Waals surface area contributed by atoms with Crippen LogP contribution < -0.4 is 5.32 Å². The summed E-state index contributed by atoms with van der Waals surface area (Å²) in [6, 6.07) is -0.120. The molecule has 2 fully saturated rings. The maximum absolute atomic E-state index is 12.1. The first-order valence-corrected chi connectivity index (χ1v) is 6.83. The number of ether oxygens (including phenoxy) is 2. The molecule has 0 unspecified atom stereocenters. The van der Waals surface area contributed by atoms with Gasteiger partial charge < -0.3 is 24.8 Å². The second-order valence-corrected chi connectivity index (χ2v) is 6.09. The highest BCUT2D eigenvalue weighted by atomic mass is 16.5. The molecule has 0 aromatic heterocycles. The summed E-state index contributed by atoms with van der Waals surface area (Å²) in [5.41, 5.74) is -0.768. The SMILES string of the molecule is CC1(NC(=O)N2CC(C)(OCC(=O)O)C2)CCOCC1. The van der Waals surface area contributed by atoms with Crippen LogP contribution in [0.4, 0.5) is 4.79 Å². The zero-order chi connectivity index (χ0) is 14.8. The van der Waals surface area contributed by atoms with E-state index in [1.165, 1.54) is 0 Å². The summed E-state index contributed by atoms with van der Waals surface area (Å²) >= 11 is 0. The Morgan fingerprint density at radius 2 is 1.90 bits per heavy atom. The van der Waals surface area contributed by atoms with E-state index in [1.54, 1.807) is 4.90 Å². The number of rotatable bonds is 4. The molecule has 114 valence electrons. The number of urea groups is 1. The average Bonchev–Trinajstić information content (AvgIpc) is 2.33. The third-order valence-corrected chi connectivity index (χ3v) is 3.89. The predicted octanol–water partition coefficient (Wildman–Crippen LogP) is 0.441. The van der Waals surface area contributed by atoms with Crippen LogP contribution in [-0.2, 0) is 14.3 Å². The molecule has 7 heteroatoms. The number of nitrogens with one attached hydrogen (secondary N) is 1.